The molecule has 0 heterocycles. The van der Waals surface area contributed by atoms with Gasteiger partial charge in [0.15, 0.2) is 0 Å². The van der Waals surface area contributed by atoms with Crippen LogP contribution in [0.2, 0.25) is 0 Å². The van der Waals surface area contributed by atoms with Crippen LogP contribution in [-0.2, 0) is 0 Å². The highest BCUT2D eigenvalue weighted by Gasteiger charge is 2.28. The molecular formula is C15H21Br2FO. The lowest BCUT2D eigenvalue weighted by Crippen LogP contribution is -2.30. The SMILES string of the molecule is CCCC(CBr)(CCC)COc1ccc(F)c(Br)c1. The van der Waals surface area contributed by atoms with Gasteiger partial charge in [0.1, 0.15) is 11.6 Å². The van der Waals surface area contributed by atoms with E-state index in [-0.39, 0.29) is 11.2 Å². The van der Waals surface area contributed by atoms with Crippen molar-refractivity contribution in [3.63, 3.8) is 0 Å². The highest BCUT2D eigenvalue weighted by molar-refractivity contribution is 9.10. The molecule has 1 nitrogen and oxygen atoms in total. The van der Waals surface area contributed by atoms with E-state index >= 15 is 0 Å². The van der Waals surface area contributed by atoms with Gasteiger partial charge in [0, 0.05) is 10.7 Å². The van der Waals surface area contributed by atoms with Crippen LogP contribution in [0.4, 0.5) is 4.39 Å². The molecule has 0 fully saturated rings. The molecule has 0 atom stereocenters. The second-order valence-corrected chi connectivity index (χ2v) is 6.41. The molecule has 0 aliphatic carbocycles. The number of alkyl halides is 1. The molecule has 0 unspecified atom stereocenters. The first-order valence-corrected chi connectivity index (χ1v) is 8.62. The predicted octanol–water partition coefficient (Wildman–Crippen LogP) is 5.95. The summed E-state index contributed by atoms with van der Waals surface area (Å²) in [7, 11) is 0. The lowest BCUT2D eigenvalue weighted by Gasteiger charge is -2.31. The van der Waals surface area contributed by atoms with Gasteiger partial charge in [0.2, 0.25) is 0 Å². The lowest BCUT2D eigenvalue weighted by molar-refractivity contribution is 0.144. The lowest BCUT2D eigenvalue weighted by atomic mass is 9.82. The fraction of sp³-hybridized carbons (Fsp3) is 0.600. The molecule has 0 bridgehead atoms. The topological polar surface area (TPSA) is 9.23 Å². The predicted molar refractivity (Wildman–Crippen MR) is 85.6 cm³/mol. The number of rotatable bonds is 8. The highest BCUT2D eigenvalue weighted by Crippen LogP contribution is 2.33. The van der Waals surface area contributed by atoms with Gasteiger partial charge < -0.3 is 4.74 Å². The second kappa shape index (κ2) is 8.25. The van der Waals surface area contributed by atoms with Gasteiger partial charge >= 0.3 is 0 Å². The Bertz CT molecular complexity index is 390. The van der Waals surface area contributed by atoms with Crippen LogP contribution in [0.1, 0.15) is 39.5 Å². The second-order valence-electron chi connectivity index (χ2n) is 5.00. The number of ether oxygens (including phenoxy) is 1. The molecule has 19 heavy (non-hydrogen) atoms. The molecule has 0 saturated heterocycles. The largest absolute Gasteiger partial charge is 0.493 e. The van der Waals surface area contributed by atoms with Gasteiger partial charge in [0.05, 0.1) is 11.1 Å². The van der Waals surface area contributed by atoms with Gasteiger partial charge in [-0.15, -0.1) is 0 Å². The molecule has 0 amide bonds. The molecule has 4 heteroatoms. The van der Waals surface area contributed by atoms with Crippen molar-refractivity contribution in [3.05, 3.63) is 28.5 Å². The van der Waals surface area contributed by atoms with Crippen molar-refractivity contribution in [1.29, 1.82) is 0 Å². The van der Waals surface area contributed by atoms with E-state index in [1.807, 2.05) is 0 Å². The Balaban J connectivity index is 2.71. The van der Waals surface area contributed by atoms with Crippen LogP contribution in [-0.4, -0.2) is 11.9 Å². The fourth-order valence-electron chi connectivity index (χ4n) is 2.31. The molecule has 0 aliphatic heterocycles. The van der Waals surface area contributed by atoms with E-state index in [9.17, 15) is 4.39 Å². The van der Waals surface area contributed by atoms with E-state index in [0.29, 0.717) is 16.8 Å². The monoisotopic (exact) mass is 394 g/mol. The highest BCUT2D eigenvalue weighted by atomic mass is 79.9. The van der Waals surface area contributed by atoms with Crippen molar-refractivity contribution in [2.75, 3.05) is 11.9 Å². The molecule has 0 radical (unpaired) electrons. The Morgan fingerprint density at radius 2 is 1.84 bits per heavy atom. The van der Waals surface area contributed by atoms with Crippen molar-refractivity contribution in [1.82, 2.24) is 0 Å². The Hall–Kier alpha value is -0.0900. The minimum absolute atomic E-state index is 0.171. The zero-order chi connectivity index (χ0) is 14.3. The van der Waals surface area contributed by atoms with Crippen LogP contribution in [0.5, 0.6) is 5.75 Å². The van der Waals surface area contributed by atoms with Crippen LogP contribution in [0.25, 0.3) is 0 Å². The summed E-state index contributed by atoms with van der Waals surface area (Å²) < 4.78 is 19.5. The van der Waals surface area contributed by atoms with Gasteiger partial charge in [-0.25, -0.2) is 4.39 Å². The van der Waals surface area contributed by atoms with Crippen LogP contribution in [0, 0.1) is 11.2 Å². The van der Waals surface area contributed by atoms with Crippen molar-refractivity contribution >= 4 is 31.9 Å². The third kappa shape index (κ3) is 5.07. The maximum absolute atomic E-state index is 13.2. The fourth-order valence-corrected chi connectivity index (χ4v) is 3.39. The van der Waals surface area contributed by atoms with Crippen molar-refractivity contribution in [3.8, 4) is 5.75 Å². The number of hydrogen-bond donors (Lipinski definition) is 0. The standard InChI is InChI=1S/C15H21Br2FO/c1-3-7-15(10-16,8-4-2)11-19-12-5-6-14(18)13(17)9-12/h5-6,9H,3-4,7-8,10-11H2,1-2H3. The first-order valence-electron chi connectivity index (χ1n) is 6.70. The molecule has 108 valence electrons. The summed E-state index contributed by atoms with van der Waals surface area (Å²) in [5.74, 6) is 0.451. The summed E-state index contributed by atoms with van der Waals surface area (Å²) in [4.78, 5) is 0. The Morgan fingerprint density at radius 1 is 1.21 bits per heavy atom. The third-order valence-corrected chi connectivity index (χ3v) is 5.08. The van der Waals surface area contributed by atoms with Crippen molar-refractivity contribution < 1.29 is 9.13 Å². The maximum atomic E-state index is 13.2. The van der Waals surface area contributed by atoms with Crippen molar-refractivity contribution in [2.45, 2.75) is 39.5 Å². The quantitative estimate of drug-likeness (QED) is 0.494. The van der Waals surface area contributed by atoms with E-state index in [2.05, 4.69) is 45.7 Å². The van der Waals surface area contributed by atoms with E-state index < -0.39 is 0 Å². The van der Waals surface area contributed by atoms with E-state index in [4.69, 9.17) is 4.74 Å². The van der Waals surface area contributed by atoms with Gasteiger partial charge in [0.25, 0.3) is 0 Å². The molecular weight excluding hydrogens is 375 g/mol. The molecule has 1 rings (SSSR count). The summed E-state index contributed by atoms with van der Waals surface area (Å²) in [5, 5.41) is 0.935. The van der Waals surface area contributed by atoms with Crippen LogP contribution in [0.15, 0.2) is 22.7 Å². The zero-order valence-corrected chi connectivity index (χ0v) is 14.7. The normalized spacial score (nSPS) is 11.6. The summed E-state index contributed by atoms with van der Waals surface area (Å²) in [6.07, 6.45) is 4.55. The van der Waals surface area contributed by atoms with E-state index in [0.717, 1.165) is 31.0 Å². The maximum Gasteiger partial charge on any atom is 0.137 e. The van der Waals surface area contributed by atoms with Crippen LogP contribution in [0.3, 0.4) is 0 Å². The summed E-state index contributed by atoms with van der Waals surface area (Å²) in [6.45, 7) is 5.06. The molecule has 1 aromatic carbocycles. The minimum Gasteiger partial charge on any atom is -0.493 e. The van der Waals surface area contributed by atoms with E-state index in [1.165, 1.54) is 6.07 Å². The average molecular weight is 396 g/mol. The third-order valence-electron chi connectivity index (χ3n) is 3.28. The number of hydrogen-bond acceptors (Lipinski definition) is 1. The number of halogens is 3. The Kier molecular flexibility index (Phi) is 7.37. The Morgan fingerprint density at radius 3 is 2.32 bits per heavy atom. The summed E-state index contributed by atoms with van der Waals surface area (Å²) in [5.41, 5.74) is 0.171. The summed E-state index contributed by atoms with van der Waals surface area (Å²) in [6, 6.07) is 4.79. The average Bonchev–Trinajstić information content (AvgIpc) is 2.40. The molecule has 0 saturated carbocycles. The first-order chi connectivity index (χ1) is 9.06. The molecule has 1 aromatic rings. The van der Waals surface area contributed by atoms with Crippen LogP contribution < -0.4 is 4.74 Å². The van der Waals surface area contributed by atoms with Gasteiger partial charge in [-0.2, -0.15) is 0 Å². The molecule has 0 spiro atoms. The first kappa shape index (κ1) is 17.0. The van der Waals surface area contributed by atoms with Gasteiger partial charge in [-0.3, -0.25) is 0 Å². The molecule has 0 N–H and O–H groups in total. The Labute approximate surface area is 132 Å². The van der Waals surface area contributed by atoms with Crippen LogP contribution >= 0.6 is 31.9 Å². The minimum atomic E-state index is -0.263. The zero-order valence-electron chi connectivity index (χ0n) is 11.5. The smallest absolute Gasteiger partial charge is 0.137 e. The molecule has 0 aromatic heterocycles. The van der Waals surface area contributed by atoms with Crippen molar-refractivity contribution in [2.24, 2.45) is 5.41 Å². The number of benzene rings is 1. The molecule has 0 aliphatic rings. The van der Waals surface area contributed by atoms with E-state index in [1.54, 1.807) is 12.1 Å². The summed E-state index contributed by atoms with van der Waals surface area (Å²) >= 11 is 6.81. The van der Waals surface area contributed by atoms with Gasteiger partial charge in [-0.1, -0.05) is 42.6 Å². The van der Waals surface area contributed by atoms with Gasteiger partial charge in [-0.05, 0) is 47.0 Å².